The number of hydrogen-bond donors (Lipinski definition) is 1. The van der Waals surface area contributed by atoms with E-state index < -0.39 is 0 Å². The Morgan fingerprint density at radius 3 is 3.00 bits per heavy atom. The molecule has 6 heteroatoms. The first-order valence-electron chi connectivity index (χ1n) is 6.36. The Balaban J connectivity index is 2.11. The summed E-state index contributed by atoms with van der Waals surface area (Å²) in [7, 11) is 0. The highest BCUT2D eigenvalue weighted by Crippen LogP contribution is 2.25. The van der Waals surface area contributed by atoms with E-state index in [0.29, 0.717) is 17.0 Å². The minimum absolute atomic E-state index is 0.0634. The van der Waals surface area contributed by atoms with Crippen molar-refractivity contribution in [3.63, 3.8) is 0 Å². The molecule has 4 nitrogen and oxygen atoms in total. The van der Waals surface area contributed by atoms with Crippen molar-refractivity contribution >= 4 is 29.1 Å². The van der Waals surface area contributed by atoms with Crippen LogP contribution in [-0.4, -0.2) is 40.1 Å². The summed E-state index contributed by atoms with van der Waals surface area (Å²) in [6.07, 6.45) is 4.99. The molecule has 2 heterocycles. The zero-order chi connectivity index (χ0) is 13.8. The van der Waals surface area contributed by atoms with E-state index in [1.807, 2.05) is 4.90 Å². The molecule has 0 aromatic carbocycles. The molecule has 1 unspecified atom stereocenters. The van der Waals surface area contributed by atoms with E-state index in [0.717, 1.165) is 25.8 Å². The fourth-order valence-corrected chi connectivity index (χ4v) is 2.70. The lowest BCUT2D eigenvalue weighted by atomic mass is 10.1. The highest BCUT2D eigenvalue weighted by Gasteiger charge is 2.29. The molecule has 1 aliphatic heterocycles. The van der Waals surface area contributed by atoms with Crippen molar-refractivity contribution in [2.75, 3.05) is 13.2 Å². The number of aliphatic hydroxyl groups is 1. The van der Waals surface area contributed by atoms with Crippen LogP contribution in [-0.2, 0) is 0 Å². The van der Waals surface area contributed by atoms with Crippen LogP contribution in [0.3, 0.4) is 0 Å². The molecule has 0 aliphatic carbocycles. The molecule has 1 fully saturated rings. The van der Waals surface area contributed by atoms with Gasteiger partial charge in [-0.15, -0.1) is 0 Å². The second-order valence-corrected chi connectivity index (χ2v) is 5.42. The minimum atomic E-state index is -0.0634. The molecule has 1 N–H and O–H groups in total. The van der Waals surface area contributed by atoms with E-state index >= 15 is 0 Å². The largest absolute Gasteiger partial charge is 0.396 e. The third kappa shape index (κ3) is 3.38. The summed E-state index contributed by atoms with van der Waals surface area (Å²) in [5.41, 5.74) is 0.463. The predicted molar refractivity (Wildman–Crippen MR) is 74.6 cm³/mol. The van der Waals surface area contributed by atoms with Gasteiger partial charge < -0.3 is 10.0 Å². The van der Waals surface area contributed by atoms with Gasteiger partial charge in [-0.2, -0.15) is 0 Å². The van der Waals surface area contributed by atoms with Crippen LogP contribution in [0.4, 0.5) is 0 Å². The molecule has 1 aromatic heterocycles. The normalized spacial score (nSPS) is 18.9. The van der Waals surface area contributed by atoms with Crippen molar-refractivity contribution < 1.29 is 9.90 Å². The van der Waals surface area contributed by atoms with E-state index in [4.69, 9.17) is 28.3 Å². The van der Waals surface area contributed by atoms with E-state index in [2.05, 4.69) is 4.98 Å². The summed E-state index contributed by atoms with van der Waals surface area (Å²) in [5, 5.41) is 9.39. The van der Waals surface area contributed by atoms with E-state index in [1.54, 1.807) is 6.07 Å². The lowest BCUT2D eigenvalue weighted by Gasteiger charge is -2.24. The first-order chi connectivity index (χ1) is 9.13. The van der Waals surface area contributed by atoms with E-state index in [1.165, 1.54) is 6.20 Å². The summed E-state index contributed by atoms with van der Waals surface area (Å²) in [6.45, 7) is 0.905. The van der Waals surface area contributed by atoms with E-state index in [-0.39, 0.29) is 23.7 Å². The fourth-order valence-electron chi connectivity index (χ4n) is 2.43. The van der Waals surface area contributed by atoms with Gasteiger partial charge >= 0.3 is 0 Å². The number of halogens is 2. The second kappa shape index (κ2) is 6.55. The molecule has 104 valence electrons. The van der Waals surface area contributed by atoms with Crippen LogP contribution in [0.1, 0.15) is 36.0 Å². The van der Waals surface area contributed by atoms with Gasteiger partial charge in [-0.3, -0.25) is 4.79 Å². The Bertz CT molecular complexity index is 468. The van der Waals surface area contributed by atoms with Crippen molar-refractivity contribution in [2.24, 2.45) is 0 Å². The van der Waals surface area contributed by atoms with Crippen LogP contribution in [0.2, 0.25) is 10.2 Å². The van der Waals surface area contributed by atoms with Crippen LogP contribution < -0.4 is 0 Å². The molecule has 0 saturated carbocycles. The molecule has 1 atom stereocenters. The molecule has 0 bridgehead atoms. The van der Waals surface area contributed by atoms with Crippen molar-refractivity contribution in [1.29, 1.82) is 0 Å². The number of pyridine rings is 1. The quantitative estimate of drug-likeness (QED) is 0.870. The number of aliphatic hydroxyl groups excluding tert-OH is 1. The molecule has 0 radical (unpaired) electrons. The number of likely N-dealkylation sites (tertiary alicyclic amines) is 1. The Morgan fingerprint density at radius 2 is 2.32 bits per heavy atom. The van der Waals surface area contributed by atoms with Crippen LogP contribution in [0.15, 0.2) is 12.3 Å². The van der Waals surface area contributed by atoms with Gasteiger partial charge in [0.15, 0.2) is 0 Å². The van der Waals surface area contributed by atoms with Gasteiger partial charge in [0.25, 0.3) is 5.91 Å². The van der Waals surface area contributed by atoms with Gasteiger partial charge in [-0.25, -0.2) is 4.98 Å². The highest BCUT2D eigenvalue weighted by atomic mass is 35.5. The second-order valence-electron chi connectivity index (χ2n) is 4.66. The van der Waals surface area contributed by atoms with Gasteiger partial charge in [0.1, 0.15) is 5.15 Å². The molecule has 1 aromatic rings. The third-order valence-electron chi connectivity index (χ3n) is 3.38. The topological polar surface area (TPSA) is 53.4 Å². The predicted octanol–water partition coefficient (Wildman–Crippen LogP) is 2.77. The SMILES string of the molecule is O=C(c1cnc(Cl)c(Cl)c1)N1CCCC1CCCO. The number of rotatable bonds is 4. The smallest absolute Gasteiger partial charge is 0.255 e. The average molecular weight is 303 g/mol. The molecule has 0 spiro atoms. The number of hydrogen-bond acceptors (Lipinski definition) is 3. The standard InChI is InChI=1S/C13H16Cl2N2O2/c14-11-7-9(8-16-12(11)15)13(19)17-5-1-3-10(17)4-2-6-18/h7-8,10,18H,1-6H2. The molecule has 2 rings (SSSR count). The molecule has 1 saturated heterocycles. The molecular formula is C13H16Cl2N2O2. The lowest BCUT2D eigenvalue weighted by Crippen LogP contribution is -2.35. The summed E-state index contributed by atoms with van der Waals surface area (Å²) in [5.74, 6) is -0.0634. The molecule has 19 heavy (non-hydrogen) atoms. The van der Waals surface area contributed by atoms with E-state index in [9.17, 15) is 4.79 Å². The number of aromatic nitrogens is 1. The maximum atomic E-state index is 12.4. The van der Waals surface area contributed by atoms with Crippen molar-refractivity contribution in [1.82, 2.24) is 9.88 Å². The summed E-state index contributed by atoms with van der Waals surface area (Å²) in [6, 6.07) is 1.76. The van der Waals surface area contributed by atoms with Crippen LogP contribution in [0.25, 0.3) is 0 Å². The Kier molecular flexibility index (Phi) is 5.02. The van der Waals surface area contributed by atoms with Crippen molar-refractivity contribution in [2.45, 2.75) is 31.7 Å². The first-order valence-corrected chi connectivity index (χ1v) is 7.12. The lowest BCUT2D eigenvalue weighted by molar-refractivity contribution is 0.0724. The number of carbonyl (C=O) groups is 1. The number of amides is 1. The maximum Gasteiger partial charge on any atom is 0.255 e. The van der Waals surface area contributed by atoms with Crippen LogP contribution in [0.5, 0.6) is 0 Å². The third-order valence-corrected chi connectivity index (χ3v) is 4.06. The molecule has 1 aliphatic rings. The van der Waals surface area contributed by atoms with Gasteiger partial charge in [-0.1, -0.05) is 23.2 Å². The zero-order valence-electron chi connectivity index (χ0n) is 10.5. The monoisotopic (exact) mass is 302 g/mol. The summed E-state index contributed by atoms with van der Waals surface area (Å²) >= 11 is 11.6. The van der Waals surface area contributed by atoms with Crippen molar-refractivity contribution in [3.8, 4) is 0 Å². The Labute approximate surface area is 122 Å². The van der Waals surface area contributed by atoms with Crippen molar-refractivity contribution in [3.05, 3.63) is 28.0 Å². The van der Waals surface area contributed by atoms with Gasteiger partial charge in [0, 0.05) is 25.4 Å². The Hall–Kier alpha value is -0.840. The Morgan fingerprint density at radius 1 is 1.53 bits per heavy atom. The zero-order valence-corrected chi connectivity index (χ0v) is 12.0. The minimum Gasteiger partial charge on any atom is -0.396 e. The highest BCUT2D eigenvalue weighted by molar-refractivity contribution is 6.41. The molecular weight excluding hydrogens is 287 g/mol. The van der Waals surface area contributed by atoms with Crippen LogP contribution in [0, 0.1) is 0 Å². The van der Waals surface area contributed by atoms with Gasteiger partial charge in [0.05, 0.1) is 10.6 Å². The van der Waals surface area contributed by atoms with Gasteiger partial charge in [0.2, 0.25) is 0 Å². The molecule has 1 amide bonds. The fraction of sp³-hybridized carbons (Fsp3) is 0.538. The van der Waals surface area contributed by atoms with Crippen LogP contribution >= 0.6 is 23.2 Å². The number of nitrogens with zero attached hydrogens (tertiary/aromatic N) is 2. The number of carbonyl (C=O) groups excluding carboxylic acids is 1. The summed E-state index contributed by atoms with van der Waals surface area (Å²) < 4.78 is 0. The maximum absolute atomic E-state index is 12.4. The average Bonchev–Trinajstić information content (AvgIpc) is 2.87. The van der Waals surface area contributed by atoms with Gasteiger partial charge in [-0.05, 0) is 31.7 Å². The summed E-state index contributed by atoms with van der Waals surface area (Å²) in [4.78, 5) is 18.2. The first kappa shape index (κ1) is 14.6.